The first-order valence-electron chi connectivity index (χ1n) is 5.34. The minimum Gasteiger partial charge on any atom is -0.357 e. The third kappa shape index (κ3) is 1.10. The second kappa shape index (κ2) is 2.87. The number of aromatic nitrogens is 1. The zero-order valence-electron chi connectivity index (χ0n) is 8.72. The summed E-state index contributed by atoms with van der Waals surface area (Å²) in [5.74, 6) is 0. The standard InChI is InChI=1S/C13H12N2/c1-8-12(7-14)11-5-9-3-2-4-10(9)6-13(11)15-8/h5-6,15H,2-4H2,1H3. The minimum absolute atomic E-state index is 0.805. The molecule has 2 heteroatoms. The quantitative estimate of drug-likeness (QED) is 0.691. The summed E-state index contributed by atoms with van der Waals surface area (Å²) in [6.45, 7) is 1.96. The van der Waals surface area contributed by atoms with Crippen LogP contribution in [-0.2, 0) is 12.8 Å². The molecule has 1 aliphatic rings. The third-order valence-electron chi connectivity index (χ3n) is 3.31. The molecule has 2 aromatic rings. The maximum Gasteiger partial charge on any atom is 0.102 e. The van der Waals surface area contributed by atoms with Crippen LogP contribution in [0.5, 0.6) is 0 Å². The molecule has 3 rings (SSSR count). The second-order valence-corrected chi connectivity index (χ2v) is 4.26. The van der Waals surface area contributed by atoms with Gasteiger partial charge >= 0.3 is 0 Å². The number of hydrogen-bond acceptors (Lipinski definition) is 1. The summed E-state index contributed by atoms with van der Waals surface area (Å²) in [4.78, 5) is 3.29. The van der Waals surface area contributed by atoms with Crippen molar-refractivity contribution in [3.63, 3.8) is 0 Å². The van der Waals surface area contributed by atoms with E-state index in [1.807, 2.05) is 6.92 Å². The maximum atomic E-state index is 9.08. The molecule has 15 heavy (non-hydrogen) atoms. The van der Waals surface area contributed by atoms with E-state index in [1.165, 1.54) is 30.4 Å². The van der Waals surface area contributed by atoms with Crippen molar-refractivity contribution in [1.29, 1.82) is 5.26 Å². The van der Waals surface area contributed by atoms with E-state index in [4.69, 9.17) is 5.26 Å². The van der Waals surface area contributed by atoms with Crippen LogP contribution in [0.3, 0.4) is 0 Å². The summed E-state index contributed by atoms with van der Waals surface area (Å²) >= 11 is 0. The van der Waals surface area contributed by atoms with Gasteiger partial charge in [0.05, 0.1) is 5.56 Å². The molecule has 0 bridgehead atoms. The van der Waals surface area contributed by atoms with Crippen LogP contribution < -0.4 is 0 Å². The zero-order valence-corrected chi connectivity index (χ0v) is 8.72. The van der Waals surface area contributed by atoms with Gasteiger partial charge in [0.15, 0.2) is 0 Å². The SMILES string of the molecule is Cc1[nH]c2cc3c(cc2c1C#N)CCC3. The molecule has 1 N–H and O–H groups in total. The van der Waals surface area contributed by atoms with Crippen molar-refractivity contribution in [3.8, 4) is 6.07 Å². The molecule has 0 amide bonds. The first-order valence-corrected chi connectivity index (χ1v) is 5.34. The molecule has 1 aromatic carbocycles. The van der Waals surface area contributed by atoms with E-state index in [0.29, 0.717) is 0 Å². The lowest BCUT2D eigenvalue weighted by Crippen LogP contribution is -1.82. The van der Waals surface area contributed by atoms with Crippen LogP contribution >= 0.6 is 0 Å². The molecule has 0 saturated carbocycles. The van der Waals surface area contributed by atoms with Gasteiger partial charge in [0.2, 0.25) is 0 Å². The molecule has 74 valence electrons. The lowest BCUT2D eigenvalue weighted by Gasteiger charge is -1.98. The number of hydrogen-bond donors (Lipinski definition) is 1. The summed E-state index contributed by atoms with van der Waals surface area (Å²) in [6, 6.07) is 6.69. The fourth-order valence-corrected chi connectivity index (χ4v) is 2.54. The highest BCUT2D eigenvalue weighted by Gasteiger charge is 2.15. The van der Waals surface area contributed by atoms with Crippen molar-refractivity contribution >= 4 is 10.9 Å². The molecule has 0 radical (unpaired) electrons. The Morgan fingerprint density at radius 2 is 2.00 bits per heavy atom. The van der Waals surface area contributed by atoms with Crippen molar-refractivity contribution in [1.82, 2.24) is 4.98 Å². The maximum absolute atomic E-state index is 9.08. The highest BCUT2D eigenvalue weighted by molar-refractivity contribution is 5.88. The van der Waals surface area contributed by atoms with Crippen molar-refractivity contribution < 1.29 is 0 Å². The Balaban J connectivity index is 2.39. The zero-order chi connectivity index (χ0) is 10.4. The van der Waals surface area contributed by atoms with Gasteiger partial charge in [-0.3, -0.25) is 0 Å². The molecular weight excluding hydrogens is 184 g/mol. The van der Waals surface area contributed by atoms with Gasteiger partial charge in [-0.1, -0.05) is 0 Å². The van der Waals surface area contributed by atoms with E-state index >= 15 is 0 Å². The van der Waals surface area contributed by atoms with Crippen molar-refractivity contribution in [2.45, 2.75) is 26.2 Å². The van der Waals surface area contributed by atoms with Crippen LogP contribution in [0, 0.1) is 18.3 Å². The van der Waals surface area contributed by atoms with E-state index < -0.39 is 0 Å². The first-order chi connectivity index (χ1) is 7.29. The van der Waals surface area contributed by atoms with Gasteiger partial charge < -0.3 is 4.98 Å². The normalized spacial score (nSPS) is 14.1. The van der Waals surface area contributed by atoms with Gasteiger partial charge in [-0.15, -0.1) is 0 Å². The summed E-state index contributed by atoms with van der Waals surface area (Å²) < 4.78 is 0. The van der Waals surface area contributed by atoms with Crippen molar-refractivity contribution in [2.75, 3.05) is 0 Å². The first kappa shape index (κ1) is 8.55. The van der Waals surface area contributed by atoms with Crippen LogP contribution in [-0.4, -0.2) is 4.98 Å². The lowest BCUT2D eigenvalue weighted by atomic mass is 10.1. The summed E-state index contributed by atoms with van der Waals surface area (Å²) in [5, 5.41) is 10.2. The number of benzene rings is 1. The van der Waals surface area contributed by atoms with Crippen LogP contribution in [0.1, 0.15) is 28.8 Å². The van der Waals surface area contributed by atoms with Crippen LogP contribution in [0.25, 0.3) is 10.9 Å². The lowest BCUT2D eigenvalue weighted by molar-refractivity contribution is 0.912. The molecule has 1 aliphatic carbocycles. The molecule has 0 atom stereocenters. The van der Waals surface area contributed by atoms with E-state index in [2.05, 4.69) is 23.2 Å². The van der Waals surface area contributed by atoms with Gasteiger partial charge in [-0.25, -0.2) is 0 Å². The highest BCUT2D eigenvalue weighted by atomic mass is 14.7. The Kier molecular flexibility index (Phi) is 1.63. The summed E-state index contributed by atoms with van der Waals surface area (Å²) in [7, 11) is 0. The minimum atomic E-state index is 0.805. The molecule has 1 heterocycles. The Hall–Kier alpha value is -1.75. The largest absolute Gasteiger partial charge is 0.357 e. The molecule has 0 fully saturated rings. The molecular formula is C13H12N2. The number of aryl methyl sites for hydroxylation is 3. The van der Waals surface area contributed by atoms with E-state index in [0.717, 1.165) is 22.2 Å². The predicted molar refractivity (Wildman–Crippen MR) is 59.8 cm³/mol. The van der Waals surface area contributed by atoms with Gasteiger partial charge in [0, 0.05) is 16.6 Å². The smallest absolute Gasteiger partial charge is 0.102 e. The summed E-state index contributed by atoms with van der Waals surface area (Å²) in [6.07, 6.45) is 3.61. The molecule has 1 aromatic heterocycles. The number of rotatable bonds is 0. The number of aromatic amines is 1. The second-order valence-electron chi connectivity index (χ2n) is 4.26. The number of nitrogens with one attached hydrogen (secondary N) is 1. The van der Waals surface area contributed by atoms with Crippen molar-refractivity contribution in [3.05, 3.63) is 34.5 Å². The average molecular weight is 196 g/mol. The topological polar surface area (TPSA) is 39.6 Å². The van der Waals surface area contributed by atoms with Gasteiger partial charge in [-0.2, -0.15) is 5.26 Å². The Labute approximate surface area is 88.5 Å². The fraction of sp³-hybridized carbons (Fsp3) is 0.308. The van der Waals surface area contributed by atoms with Crippen LogP contribution in [0.15, 0.2) is 12.1 Å². The number of nitriles is 1. The Bertz CT molecular complexity index is 585. The van der Waals surface area contributed by atoms with Gasteiger partial charge in [0.1, 0.15) is 6.07 Å². The Morgan fingerprint density at radius 3 is 2.73 bits per heavy atom. The van der Waals surface area contributed by atoms with E-state index in [9.17, 15) is 0 Å². The molecule has 0 unspecified atom stereocenters. The molecule has 2 nitrogen and oxygen atoms in total. The average Bonchev–Trinajstić information content (AvgIpc) is 2.76. The fourth-order valence-electron chi connectivity index (χ4n) is 2.54. The van der Waals surface area contributed by atoms with Crippen molar-refractivity contribution in [2.24, 2.45) is 0 Å². The van der Waals surface area contributed by atoms with Crippen LogP contribution in [0.2, 0.25) is 0 Å². The van der Waals surface area contributed by atoms with Crippen LogP contribution in [0.4, 0.5) is 0 Å². The number of fused-ring (bicyclic) bond motifs is 2. The molecule has 0 saturated heterocycles. The number of nitrogens with zero attached hydrogens (tertiary/aromatic N) is 1. The molecule has 0 spiro atoms. The van der Waals surface area contributed by atoms with E-state index in [-0.39, 0.29) is 0 Å². The number of H-pyrrole nitrogens is 1. The summed E-state index contributed by atoms with van der Waals surface area (Å²) in [5.41, 5.74) is 5.78. The predicted octanol–water partition coefficient (Wildman–Crippen LogP) is 2.84. The highest BCUT2D eigenvalue weighted by Crippen LogP contribution is 2.29. The molecule has 0 aliphatic heterocycles. The Morgan fingerprint density at radius 1 is 1.27 bits per heavy atom. The monoisotopic (exact) mass is 196 g/mol. The van der Waals surface area contributed by atoms with Gasteiger partial charge in [-0.05, 0) is 49.4 Å². The van der Waals surface area contributed by atoms with Gasteiger partial charge in [0.25, 0.3) is 0 Å². The van der Waals surface area contributed by atoms with E-state index in [1.54, 1.807) is 0 Å². The third-order valence-corrected chi connectivity index (χ3v) is 3.31.